The summed E-state index contributed by atoms with van der Waals surface area (Å²) in [4.78, 5) is 4.63. The lowest BCUT2D eigenvalue weighted by molar-refractivity contribution is -0.0279. The highest BCUT2D eigenvalue weighted by Gasteiger charge is 2.34. The number of aliphatic imine (C=N–C) groups is 1. The van der Waals surface area contributed by atoms with Gasteiger partial charge in [0.05, 0.1) is 19.3 Å². The quantitative estimate of drug-likeness (QED) is 0.343. The number of rotatable bonds is 10. The molecule has 0 aliphatic heterocycles. The third-order valence-electron chi connectivity index (χ3n) is 4.41. The van der Waals surface area contributed by atoms with Gasteiger partial charge in [0.25, 0.3) is 0 Å². The first-order valence-corrected chi connectivity index (χ1v) is 9.10. The second kappa shape index (κ2) is 10.3. The predicted molar refractivity (Wildman–Crippen MR) is 100 cm³/mol. The average Bonchev–Trinajstić information content (AvgIpc) is 2.62. The number of hydrogen-bond acceptors (Lipinski definition) is 4. The van der Waals surface area contributed by atoms with Gasteiger partial charge in [-0.1, -0.05) is 12.1 Å². The minimum absolute atomic E-state index is 0.535. The predicted octanol–water partition coefficient (Wildman–Crippen LogP) is 2.07. The number of methoxy groups -OCH3 is 1. The molecule has 1 aromatic carbocycles. The molecular formula is C19H31N3O3. The van der Waals surface area contributed by atoms with Crippen LogP contribution in [0.2, 0.25) is 0 Å². The molecular weight excluding hydrogens is 318 g/mol. The molecule has 0 bridgehead atoms. The molecule has 1 fully saturated rings. The molecule has 1 aliphatic rings. The van der Waals surface area contributed by atoms with Crippen molar-refractivity contribution in [3.05, 3.63) is 29.8 Å². The summed E-state index contributed by atoms with van der Waals surface area (Å²) in [6.07, 6.45) is 3.73. The van der Waals surface area contributed by atoms with Crippen molar-refractivity contribution < 1.29 is 14.6 Å². The minimum atomic E-state index is -0.576. The van der Waals surface area contributed by atoms with Crippen LogP contribution < -0.4 is 15.4 Å². The number of aliphatic hydroxyl groups is 1. The zero-order valence-electron chi connectivity index (χ0n) is 15.4. The van der Waals surface area contributed by atoms with Crippen LogP contribution in [0.25, 0.3) is 0 Å². The van der Waals surface area contributed by atoms with Crippen LogP contribution >= 0.6 is 0 Å². The molecule has 0 saturated heterocycles. The Morgan fingerprint density at radius 1 is 1.24 bits per heavy atom. The van der Waals surface area contributed by atoms with E-state index in [1.54, 1.807) is 7.11 Å². The molecule has 0 spiro atoms. The Labute approximate surface area is 150 Å². The maximum Gasteiger partial charge on any atom is 0.191 e. The lowest BCUT2D eigenvalue weighted by Crippen LogP contribution is -2.50. The molecule has 0 unspecified atom stereocenters. The molecule has 0 atom stereocenters. The van der Waals surface area contributed by atoms with Crippen LogP contribution in [0.1, 0.15) is 38.2 Å². The molecule has 0 amide bonds. The molecule has 1 aromatic rings. The third kappa shape index (κ3) is 6.92. The zero-order chi connectivity index (χ0) is 18.0. The summed E-state index contributed by atoms with van der Waals surface area (Å²) >= 11 is 0. The number of hydrogen-bond donors (Lipinski definition) is 3. The van der Waals surface area contributed by atoms with E-state index in [-0.39, 0.29) is 0 Å². The molecule has 0 aromatic heterocycles. The van der Waals surface area contributed by atoms with Gasteiger partial charge in [-0.05, 0) is 50.3 Å². The third-order valence-corrected chi connectivity index (χ3v) is 4.41. The van der Waals surface area contributed by atoms with Gasteiger partial charge in [0, 0.05) is 26.3 Å². The fourth-order valence-corrected chi connectivity index (χ4v) is 2.61. The largest absolute Gasteiger partial charge is 0.497 e. The van der Waals surface area contributed by atoms with E-state index in [2.05, 4.69) is 15.6 Å². The topological polar surface area (TPSA) is 75.1 Å². The van der Waals surface area contributed by atoms with Crippen molar-refractivity contribution >= 4 is 5.96 Å². The first-order chi connectivity index (χ1) is 12.1. The first-order valence-electron chi connectivity index (χ1n) is 9.10. The van der Waals surface area contributed by atoms with Crippen LogP contribution in [-0.2, 0) is 11.3 Å². The van der Waals surface area contributed by atoms with E-state index in [9.17, 15) is 5.11 Å². The van der Waals surface area contributed by atoms with Gasteiger partial charge in [0.1, 0.15) is 5.75 Å². The normalized spacial score (nSPS) is 16.2. The van der Waals surface area contributed by atoms with Crippen molar-refractivity contribution in [3.8, 4) is 5.75 Å². The SMILES string of the molecule is CCOCCCNC(=NCc1ccc(OC)cc1)NCC1(O)CCC1. The van der Waals surface area contributed by atoms with Gasteiger partial charge in [-0.25, -0.2) is 4.99 Å². The average molecular weight is 349 g/mol. The number of nitrogens with one attached hydrogen (secondary N) is 2. The van der Waals surface area contributed by atoms with Crippen LogP contribution in [0.15, 0.2) is 29.3 Å². The van der Waals surface area contributed by atoms with Crippen LogP contribution in [0.3, 0.4) is 0 Å². The molecule has 2 rings (SSSR count). The first kappa shape index (κ1) is 19.5. The fraction of sp³-hybridized carbons (Fsp3) is 0.632. The summed E-state index contributed by atoms with van der Waals surface area (Å²) in [5.74, 6) is 1.57. The van der Waals surface area contributed by atoms with Crippen molar-refractivity contribution in [2.45, 2.75) is 44.8 Å². The molecule has 0 radical (unpaired) electrons. The Morgan fingerprint density at radius 2 is 2.00 bits per heavy atom. The summed E-state index contributed by atoms with van der Waals surface area (Å²) in [5, 5.41) is 16.8. The van der Waals surface area contributed by atoms with Crippen molar-refractivity contribution in [3.63, 3.8) is 0 Å². The Hall–Kier alpha value is -1.79. The van der Waals surface area contributed by atoms with E-state index in [1.165, 1.54) is 0 Å². The Morgan fingerprint density at radius 3 is 2.60 bits per heavy atom. The molecule has 1 saturated carbocycles. The van der Waals surface area contributed by atoms with E-state index < -0.39 is 5.60 Å². The highest BCUT2D eigenvalue weighted by Crippen LogP contribution is 2.30. The van der Waals surface area contributed by atoms with Crippen LogP contribution in [0, 0.1) is 0 Å². The summed E-state index contributed by atoms with van der Waals surface area (Å²) in [6.45, 7) is 5.36. The zero-order valence-corrected chi connectivity index (χ0v) is 15.4. The molecule has 25 heavy (non-hydrogen) atoms. The van der Waals surface area contributed by atoms with Gasteiger partial charge in [0.2, 0.25) is 0 Å². The molecule has 1 aliphatic carbocycles. The maximum atomic E-state index is 10.3. The van der Waals surface area contributed by atoms with E-state index in [0.29, 0.717) is 13.1 Å². The Kier molecular flexibility index (Phi) is 8.01. The Balaban J connectivity index is 1.86. The molecule has 140 valence electrons. The molecule has 3 N–H and O–H groups in total. The van der Waals surface area contributed by atoms with Crippen LogP contribution in [0.4, 0.5) is 0 Å². The summed E-state index contributed by atoms with van der Waals surface area (Å²) in [7, 11) is 1.66. The van der Waals surface area contributed by atoms with Gasteiger partial charge in [-0.3, -0.25) is 0 Å². The smallest absolute Gasteiger partial charge is 0.191 e. The number of nitrogens with zero attached hydrogens (tertiary/aromatic N) is 1. The summed E-state index contributed by atoms with van der Waals surface area (Å²) in [5.41, 5.74) is 0.534. The standard InChI is InChI=1S/C19H31N3O3/c1-3-25-13-5-12-20-18(22-15-19(23)10-4-11-19)21-14-16-6-8-17(24-2)9-7-16/h6-9,23H,3-5,10-15H2,1-2H3,(H2,20,21,22). The molecule has 6 heteroatoms. The maximum absolute atomic E-state index is 10.3. The molecule has 0 heterocycles. The minimum Gasteiger partial charge on any atom is -0.497 e. The summed E-state index contributed by atoms with van der Waals surface area (Å²) in [6, 6.07) is 7.89. The van der Waals surface area contributed by atoms with E-state index in [4.69, 9.17) is 9.47 Å². The van der Waals surface area contributed by atoms with Gasteiger partial charge in [-0.15, -0.1) is 0 Å². The van der Waals surface area contributed by atoms with E-state index in [1.807, 2.05) is 31.2 Å². The number of benzene rings is 1. The van der Waals surface area contributed by atoms with Crippen LogP contribution in [0.5, 0.6) is 5.75 Å². The highest BCUT2D eigenvalue weighted by molar-refractivity contribution is 5.79. The van der Waals surface area contributed by atoms with Gasteiger partial charge in [-0.2, -0.15) is 0 Å². The van der Waals surface area contributed by atoms with Crippen molar-refractivity contribution in [1.29, 1.82) is 0 Å². The fourth-order valence-electron chi connectivity index (χ4n) is 2.61. The van der Waals surface area contributed by atoms with E-state index in [0.717, 1.165) is 62.7 Å². The van der Waals surface area contributed by atoms with Gasteiger partial charge < -0.3 is 25.2 Å². The van der Waals surface area contributed by atoms with Gasteiger partial charge in [0.15, 0.2) is 5.96 Å². The van der Waals surface area contributed by atoms with Gasteiger partial charge >= 0.3 is 0 Å². The monoisotopic (exact) mass is 349 g/mol. The van der Waals surface area contributed by atoms with E-state index >= 15 is 0 Å². The second-order valence-corrected chi connectivity index (χ2v) is 6.42. The summed E-state index contributed by atoms with van der Waals surface area (Å²) < 4.78 is 10.5. The van der Waals surface area contributed by atoms with Crippen LogP contribution in [-0.4, -0.2) is 50.1 Å². The van der Waals surface area contributed by atoms with Crippen molar-refractivity contribution in [2.24, 2.45) is 4.99 Å². The number of ether oxygens (including phenoxy) is 2. The van der Waals surface area contributed by atoms with Crippen molar-refractivity contribution in [2.75, 3.05) is 33.4 Å². The molecule has 6 nitrogen and oxygen atoms in total. The highest BCUT2D eigenvalue weighted by atomic mass is 16.5. The van der Waals surface area contributed by atoms with Crippen molar-refractivity contribution in [1.82, 2.24) is 10.6 Å². The lowest BCUT2D eigenvalue weighted by atomic mass is 9.80. The lowest BCUT2D eigenvalue weighted by Gasteiger charge is -2.37. The Bertz CT molecular complexity index is 527. The number of guanidine groups is 1. The second-order valence-electron chi connectivity index (χ2n) is 6.42.